The Balaban J connectivity index is 1.83. The molecule has 0 saturated heterocycles. The Morgan fingerprint density at radius 3 is 2.70 bits per heavy atom. The van der Waals surface area contributed by atoms with Gasteiger partial charge in [-0.25, -0.2) is 9.59 Å². The zero-order valence-electron chi connectivity index (χ0n) is 18.5. The van der Waals surface area contributed by atoms with Crippen molar-refractivity contribution in [3.8, 4) is 0 Å². The van der Waals surface area contributed by atoms with E-state index in [-0.39, 0.29) is 31.2 Å². The van der Waals surface area contributed by atoms with Gasteiger partial charge in [0.15, 0.2) is 12.3 Å². The number of aromatic amines is 1. The topological polar surface area (TPSA) is 137 Å². The summed E-state index contributed by atoms with van der Waals surface area (Å²) in [5.41, 5.74) is 4.50. The number of carbonyl (C=O) groups excluding carboxylic acids is 2. The number of methoxy groups -OCH3 is 1. The third kappa shape index (κ3) is 5.49. The molecule has 1 amide bonds. The summed E-state index contributed by atoms with van der Waals surface area (Å²) in [7, 11) is 1.44. The Labute approximate surface area is 193 Å². The summed E-state index contributed by atoms with van der Waals surface area (Å²) >= 11 is 1.26. The number of ether oxygens (including phenoxy) is 2. The number of nitrogens with zero attached hydrogens (tertiary/aromatic N) is 2. The van der Waals surface area contributed by atoms with Crippen molar-refractivity contribution in [1.29, 1.82) is 0 Å². The van der Waals surface area contributed by atoms with Gasteiger partial charge in [-0.05, 0) is 23.9 Å². The normalized spacial score (nSPS) is 11.0. The highest BCUT2D eigenvalue weighted by atomic mass is 32.1. The van der Waals surface area contributed by atoms with E-state index in [1.165, 1.54) is 23.0 Å². The lowest BCUT2D eigenvalue weighted by atomic mass is 10.2. The molecule has 0 aliphatic carbocycles. The first-order chi connectivity index (χ1) is 15.9. The molecule has 0 radical (unpaired) electrons. The lowest BCUT2D eigenvalue weighted by Crippen LogP contribution is -2.44. The predicted octanol–water partition coefficient (Wildman–Crippen LogP) is 1.97. The number of rotatable bonds is 10. The van der Waals surface area contributed by atoms with Crippen LogP contribution in [0.15, 0.2) is 39.9 Å². The average Bonchev–Trinajstić information content (AvgIpc) is 3.23. The summed E-state index contributed by atoms with van der Waals surface area (Å²) < 4.78 is 12.4. The van der Waals surface area contributed by atoms with Crippen molar-refractivity contribution < 1.29 is 19.1 Å². The predicted molar refractivity (Wildman–Crippen MR) is 127 cm³/mol. The van der Waals surface area contributed by atoms with Crippen LogP contribution in [0.2, 0.25) is 0 Å². The molecule has 0 spiro atoms. The number of hydrogen-bond donors (Lipinski definition) is 2. The van der Waals surface area contributed by atoms with Crippen molar-refractivity contribution >= 4 is 44.8 Å². The number of unbranched alkanes of at least 4 members (excludes halogenated alkanes) is 1. The molecule has 2 aromatic heterocycles. The Bertz CT molecular complexity index is 1230. The van der Waals surface area contributed by atoms with Gasteiger partial charge in [-0.2, -0.15) is 0 Å². The molecule has 3 N–H and O–H groups in total. The number of thiophene rings is 1. The van der Waals surface area contributed by atoms with Crippen LogP contribution in [0.4, 0.5) is 11.5 Å². The van der Waals surface area contributed by atoms with Crippen molar-refractivity contribution in [2.24, 2.45) is 0 Å². The molecule has 10 nitrogen and oxygen atoms in total. The highest BCUT2D eigenvalue weighted by Gasteiger charge is 2.25. The van der Waals surface area contributed by atoms with E-state index < -0.39 is 29.7 Å². The van der Waals surface area contributed by atoms with Gasteiger partial charge in [0.25, 0.3) is 11.5 Å². The molecule has 0 bridgehead atoms. The Morgan fingerprint density at radius 1 is 1.24 bits per heavy atom. The second kappa shape index (κ2) is 10.9. The van der Waals surface area contributed by atoms with E-state index in [4.69, 9.17) is 15.2 Å². The fourth-order valence-electron chi connectivity index (χ4n) is 3.28. The van der Waals surface area contributed by atoms with Crippen molar-refractivity contribution in [2.75, 3.05) is 37.5 Å². The largest absolute Gasteiger partial charge is 0.451 e. The number of amides is 1. The standard InChI is InChI=1S/C22H26N4O6S/c1-3-4-9-26-19(23)18(20(28)24-22(26)30)25(10-11-31-2)17(27)13-32-21(29)16-12-14-7-5-6-8-15(14)33-16/h5-8,12H,3-4,9-11,13,23H2,1-2H3,(H,24,28,30). The maximum absolute atomic E-state index is 13.0. The SMILES string of the molecule is CCCCn1c(N)c(N(CCOC)C(=O)COC(=O)c2cc3ccccc3s2)c(=O)[nH]c1=O. The number of nitrogens with two attached hydrogens (primary N) is 1. The van der Waals surface area contributed by atoms with Crippen LogP contribution in [0.25, 0.3) is 10.1 Å². The van der Waals surface area contributed by atoms with Crippen LogP contribution in [0.1, 0.15) is 29.4 Å². The molecule has 0 fully saturated rings. The summed E-state index contributed by atoms with van der Waals surface area (Å²) in [5.74, 6) is -1.44. The lowest BCUT2D eigenvalue weighted by Gasteiger charge is -2.24. The van der Waals surface area contributed by atoms with Crippen LogP contribution in [-0.2, 0) is 20.8 Å². The van der Waals surface area contributed by atoms with E-state index >= 15 is 0 Å². The molecular formula is C22H26N4O6S. The van der Waals surface area contributed by atoms with Crippen molar-refractivity contribution in [1.82, 2.24) is 9.55 Å². The van der Waals surface area contributed by atoms with Gasteiger partial charge < -0.3 is 15.2 Å². The van der Waals surface area contributed by atoms with E-state index in [2.05, 4.69) is 4.98 Å². The van der Waals surface area contributed by atoms with Gasteiger partial charge in [-0.1, -0.05) is 31.5 Å². The Kier molecular flexibility index (Phi) is 8.01. The first-order valence-electron chi connectivity index (χ1n) is 10.4. The molecule has 3 aromatic rings. The number of fused-ring (bicyclic) bond motifs is 1. The number of hydrogen-bond acceptors (Lipinski definition) is 8. The summed E-state index contributed by atoms with van der Waals surface area (Å²) in [6.07, 6.45) is 1.47. The summed E-state index contributed by atoms with van der Waals surface area (Å²) in [5, 5.41) is 0.899. The third-order valence-corrected chi connectivity index (χ3v) is 6.09. The first-order valence-corrected chi connectivity index (χ1v) is 11.3. The van der Waals surface area contributed by atoms with Gasteiger partial charge in [0.2, 0.25) is 0 Å². The molecule has 3 rings (SSSR count). The summed E-state index contributed by atoms with van der Waals surface area (Å²) in [6, 6.07) is 9.19. The fourth-order valence-corrected chi connectivity index (χ4v) is 4.24. The molecule has 176 valence electrons. The maximum atomic E-state index is 13.0. The van der Waals surface area contributed by atoms with E-state index in [0.717, 1.165) is 21.4 Å². The van der Waals surface area contributed by atoms with Crippen LogP contribution in [-0.4, -0.2) is 48.3 Å². The molecular weight excluding hydrogens is 448 g/mol. The van der Waals surface area contributed by atoms with Crippen LogP contribution in [0.5, 0.6) is 0 Å². The van der Waals surface area contributed by atoms with E-state index in [0.29, 0.717) is 11.3 Å². The van der Waals surface area contributed by atoms with Crippen LogP contribution >= 0.6 is 11.3 Å². The number of H-pyrrole nitrogens is 1. The van der Waals surface area contributed by atoms with Gasteiger partial charge >= 0.3 is 11.7 Å². The van der Waals surface area contributed by atoms with Crippen molar-refractivity contribution in [3.63, 3.8) is 0 Å². The second-order valence-electron chi connectivity index (χ2n) is 7.26. The molecule has 0 aliphatic rings. The highest BCUT2D eigenvalue weighted by Crippen LogP contribution is 2.26. The molecule has 2 heterocycles. The first kappa shape index (κ1) is 24.2. The quantitative estimate of drug-likeness (QED) is 0.429. The van der Waals surface area contributed by atoms with Gasteiger partial charge in [0.1, 0.15) is 10.7 Å². The maximum Gasteiger partial charge on any atom is 0.348 e. The third-order valence-electron chi connectivity index (χ3n) is 4.99. The minimum Gasteiger partial charge on any atom is -0.451 e. The van der Waals surface area contributed by atoms with Crippen LogP contribution in [0.3, 0.4) is 0 Å². The minimum absolute atomic E-state index is 0.0188. The van der Waals surface area contributed by atoms with Crippen molar-refractivity contribution in [3.05, 3.63) is 56.0 Å². The lowest BCUT2D eigenvalue weighted by molar-refractivity contribution is -0.121. The summed E-state index contributed by atoms with van der Waals surface area (Å²) in [6.45, 7) is 1.72. The number of nitrogen functional groups attached to an aromatic ring is 1. The monoisotopic (exact) mass is 474 g/mol. The smallest absolute Gasteiger partial charge is 0.348 e. The highest BCUT2D eigenvalue weighted by molar-refractivity contribution is 7.20. The number of benzene rings is 1. The number of carbonyl (C=O) groups is 2. The molecule has 0 saturated carbocycles. The number of aromatic nitrogens is 2. The molecule has 0 unspecified atom stereocenters. The number of nitrogens with one attached hydrogen (secondary N) is 1. The van der Waals surface area contributed by atoms with Gasteiger partial charge in [0.05, 0.1) is 6.61 Å². The van der Waals surface area contributed by atoms with E-state index in [1.54, 1.807) is 6.07 Å². The molecule has 11 heteroatoms. The van der Waals surface area contributed by atoms with Gasteiger partial charge in [-0.15, -0.1) is 11.3 Å². The molecule has 0 aliphatic heterocycles. The second-order valence-corrected chi connectivity index (χ2v) is 8.34. The van der Waals surface area contributed by atoms with Crippen LogP contribution < -0.4 is 21.9 Å². The zero-order valence-corrected chi connectivity index (χ0v) is 19.3. The van der Waals surface area contributed by atoms with Gasteiger partial charge in [0, 0.05) is 24.9 Å². The van der Waals surface area contributed by atoms with Gasteiger partial charge in [-0.3, -0.25) is 24.0 Å². The Hall–Kier alpha value is -3.44. The summed E-state index contributed by atoms with van der Waals surface area (Å²) in [4.78, 5) is 53.9. The number of anilines is 2. The van der Waals surface area contributed by atoms with E-state index in [9.17, 15) is 19.2 Å². The molecule has 1 aromatic carbocycles. The number of esters is 1. The minimum atomic E-state index is -0.800. The van der Waals surface area contributed by atoms with Crippen LogP contribution in [0, 0.1) is 0 Å². The molecule has 33 heavy (non-hydrogen) atoms. The van der Waals surface area contributed by atoms with E-state index in [1.807, 2.05) is 31.2 Å². The average molecular weight is 475 g/mol. The van der Waals surface area contributed by atoms with Crippen molar-refractivity contribution in [2.45, 2.75) is 26.3 Å². The fraction of sp³-hybridized carbons (Fsp3) is 0.364. The molecule has 0 atom stereocenters. The zero-order chi connectivity index (χ0) is 24.0. The Morgan fingerprint density at radius 2 is 2.00 bits per heavy atom.